The Morgan fingerprint density at radius 1 is 0.759 bits per heavy atom. The molecule has 0 saturated heterocycles. The predicted octanol–water partition coefficient (Wildman–Crippen LogP) is 13.4. The van der Waals surface area contributed by atoms with Gasteiger partial charge < -0.3 is 5.73 Å². The lowest BCUT2D eigenvalue weighted by atomic mass is 10.1. The summed E-state index contributed by atoms with van der Waals surface area (Å²) in [6.45, 7) is 3.61. The number of hydrogen-bond acceptors (Lipinski definition) is 10. The number of fused-ring (bicyclic) bond motifs is 3. The van der Waals surface area contributed by atoms with E-state index in [2.05, 4.69) is 148 Å². The first-order valence-corrected chi connectivity index (χ1v) is 24.3. The molecule has 6 N–H and O–H groups in total. The molecule has 0 amide bonds. The Hall–Kier alpha value is -2.30. The summed E-state index contributed by atoms with van der Waals surface area (Å²) >= 11 is 37.7. The first-order chi connectivity index (χ1) is 27.2. The first-order valence-electron chi connectivity index (χ1n) is 16.0. The van der Waals surface area contributed by atoms with Crippen LogP contribution in [0.15, 0.2) is 120 Å². The van der Waals surface area contributed by atoms with Crippen molar-refractivity contribution in [1.82, 2.24) is 9.97 Å². The molecule has 20 heteroatoms. The number of benzene rings is 4. The number of halogens is 9. The van der Waals surface area contributed by atoms with Crippen molar-refractivity contribution in [3.63, 3.8) is 0 Å². The predicted molar refractivity (Wildman–Crippen MR) is 258 cm³/mol. The van der Waals surface area contributed by atoms with Crippen molar-refractivity contribution in [3.05, 3.63) is 142 Å². The number of nitrogens with zero attached hydrogens (tertiary/aromatic N) is 3. The second-order valence-electron chi connectivity index (χ2n) is 11.1. The fourth-order valence-corrected chi connectivity index (χ4v) is 6.07. The molecule has 0 unspecified atom stereocenters. The average Bonchev–Trinajstić information content (AvgIpc) is 3.58. The smallest absolute Gasteiger partial charge is 0.339 e. The molecule has 1 aliphatic rings. The Kier molecular flexibility index (Phi) is 26.2. The molecule has 0 radical (unpaired) electrons. The molecule has 2 aromatic heterocycles. The molecule has 4 aromatic carbocycles. The molecule has 58 heavy (non-hydrogen) atoms. The molecular weight excluding hydrogens is 1130 g/mol. The van der Waals surface area contributed by atoms with E-state index in [1.54, 1.807) is 13.0 Å². The number of rotatable bonds is 3. The van der Waals surface area contributed by atoms with E-state index in [9.17, 15) is 18.9 Å². The second kappa shape index (κ2) is 28.3. The maximum atomic E-state index is 10.7. The number of carbonyl (C=O) groups excluding carboxylic acids is 3. The number of nitrogens with two attached hydrogens (primary N) is 3. The fraction of sp³-hybridized carbons (Fsp3) is 0.105. The lowest BCUT2D eigenvalue weighted by Gasteiger charge is -2.01. The molecule has 0 fully saturated rings. The Labute approximate surface area is 393 Å². The van der Waals surface area contributed by atoms with Gasteiger partial charge in [0.15, 0.2) is 6.29 Å². The zero-order chi connectivity index (χ0) is 44.0. The number of hydrazine groups is 1. The van der Waals surface area contributed by atoms with Gasteiger partial charge in [-0.2, -0.15) is 0 Å². The highest BCUT2D eigenvalue weighted by Gasteiger charge is 2.09. The van der Waals surface area contributed by atoms with Gasteiger partial charge in [0, 0.05) is 59.5 Å². The Morgan fingerprint density at radius 2 is 1.24 bits per heavy atom. The molecule has 1 aliphatic heterocycles. The van der Waals surface area contributed by atoms with Gasteiger partial charge in [0.2, 0.25) is 5.24 Å². The minimum atomic E-state index is -3.22. The van der Waals surface area contributed by atoms with Crippen LogP contribution in [0, 0.1) is 0 Å². The van der Waals surface area contributed by atoms with Gasteiger partial charge in [-0.3, -0.25) is 40.6 Å². The number of nitrogen functional groups attached to an aromatic ring is 1. The third-order valence-corrected chi connectivity index (χ3v) is 8.72. The van der Waals surface area contributed by atoms with Crippen LogP contribution in [-0.4, -0.2) is 33.5 Å². The van der Waals surface area contributed by atoms with E-state index in [-0.39, 0.29) is 16.2 Å². The number of carbonyl (C=O) groups is 3. The van der Waals surface area contributed by atoms with Gasteiger partial charge in [0.05, 0.1) is 28.8 Å². The molecule has 308 valence electrons. The zero-order valence-corrected chi connectivity index (χ0v) is 41.4. The average molecular weight is 1170 g/mol. The summed E-state index contributed by atoms with van der Waals surface area (Å²) in [6.07, 6.45) is 3.13. The van der Waals surface area contributed by atoms with Gasteiger partial charge in [0.25, 0.3) is 0 Å². The van der Waals surface area contributed by atoms with Crippen molar-refractivity contribution in [2.75, 3.05) is 5.73 Å². The van der Waals surface area contributed by atoms with Crippen molar-refractivity contribution in [2.24, 2.45) is 16.7 Å². The van der Waals surface area contributed by atoms with Crippen LogP contribution in [0.1, 0.15) is 41.0 Å². The van der Waals surface area contributed by atoms with Crippen LogP contribution in [-0.2, 0) is 27.1 Å². The van der Waals surface area contributed by atoms with E-state index in [1.807, 2.05) is 85.1 Å². The van der Waals surface area contributed by atoms with Gasteiger partial charge in [-0.1, -0.05) is 106 Å². The molecule has 0 atom stereocenters. The minimum absolute atomic E-state index is 0.197. The quantitative estimate of drug-likeness (QED) is 0.0295. The molecular formula is C38H34Br4Cl5N6O4P. The van der Waals surface area contributed by atoms with Crippen LogP contribution in [0.2, 0.25) is 5.15 Å². The number of hydrogen-bond donors (Lipinski definition) is 3. The third kappa shape index (κ3) is 23.5. The SMILES string of the molecule is Brc1ccc2cc3c(nc2c1)CN=C3.CC(=O)Cc1cccc(Br)c1.CC(=O)Cl.NN.Nc1cccc(Br)c1.O=Cc1cc2ccc(Br)cc2nc1Cl.O=P(Cl)(Cl)Cl. The normalized spacial score (nSPS) is 10.4. The van der Waals surface area contributed by atoms with Crippen LogP contribution in [0.5, 0.6) is 0 Å². The third-order valence-electron chi connectivity index (χ3n) is 6.44. The lowest BCUT2D eigenvalue weighted by Crippen LogP contribution is -2.02. The van der Waals surface area contributed by atoms with Crippen LogP contribution in [0.3, 0.4) is 0 Å². The largest absolute Gasteiger partial charge is 0.399 e. The van der Waals surface area contributed by atoms with E-state index >= 15 is 0 Å². The summed E-state index contributed by atoms with van der Waals surface area (Å²) < 4.78 is 13.6. The Balaban J connectivity index is 0.000000362. The minimum Gasteiger partial charge on any atom is -0.399 e. The Morgan fingerprint density at radius 3 is 1.71 bits per heavy atom. The van der Waals surface area contributed by atoms with Gasteiger partial charge in [-0.05, 0) is 125 Å². The van der Waals surface area contributed by atoms with E-state index in [0.29, 0.717) is 18.3 Å². The van der Waals surface area contributed by atoms with Crippen LogP contribution >= 0.6 is 126 Å². The topological polar surface area (TPSA) is 184 Å². The number of aldehydes is 1. The summed E-state index contributed by atoms with van der Waals surface area (Å²) in [4.78, 5) is 43.4. The molecule has 6 aromatic rings. The molecule has 0 spiro atoms. The van der Waals surface area contributed by atoms with Crippen LogP contribution < -0.4 is 17.4 Å². The number of aromatic nitrogens is 2. The maximum Gasteiger partial charge on any atom is 0.339 e. The lowest BCUT2D eigenvalue weighted by molar-refractivity contribution is -0.116. The van der Waals surface area contributed by atoms with E-state index in [4.69, 9.17) is 17.3 Å². The van der Waals surface area contributed by atoms with E-state index in [0.717, 1.165) is 63.4 Å². The zero-order valence-electron chi connectivity index (χ0n) is 30.4. The molecule has 0 bridgehead atoms. The highest BCUT2D eigenvalue weighted by Crippen LogP contribution is 2.61. The molecule has 3 heterocycles. The van der Waals surface area contributed by atoms with Crippen molar-refractivity contribution in [1.29, 1.82) is 0 Å². The summed E-state index contributed by atoms with van der Waals surface area (Å²) in [7, 11) is 0. The van der Waals surface area contributed by atoms with Gasteiger partial charge >= 0.3 is 5.20 Å². The maximum absolute atomic E-state index is 10.7. The van der Waals surface area contributed by atoms with Gasteiger partial charge in [-0.15, -0.1) is 0 Å². The van der Waals surface area contributed by atoms with Crippen molar-refractivity contribution in [2.45, 2.75) is 26.8 Å². The summed E-state index contributed by atoms with van der Waals surface area (Å²) in [5.74, 6) is 8.20. The van der Waals surface area contributed by atoms with Crippen molar-refractivity contribution >= 4 is 177 Å². The highest BCUT2D eigenvalue weighted by molar-refractivity contribution is 9.11. The number of ketones is 1. The number of anilines is 1. The second-order valence-corrected chi connectivity index (χ2v) is 22.3. The number of Topliss-reactive ketones (excluding diaryl/α,β-unsaturated/α-hetero) is 1. The molecule has 10 nitrogen and oxygen atoms in total. The number of aliphatic imine (C=N–C) groups is 1. The number of pyridine rings is 2. The van der Waals surface area contributed by atoms with E-state index in [1.165, 1.54) is 12.3 Å². The summed E-state index contributed by atoms with van der Waals surface area (Å²) in [5.41, 5.74) is 11.7. The standard InChI is InChI=1S/C11H7BrN2.C10H5BrClNO.C9H9BrO.C6H6BrN.C2H3ClO.Cl3OP.H4N2/c12-9-2-1-7-3-8-5-13-6-11(8)14-10(7)4-9;11-8-2-1-6-3-7(5-14)10(12)13-9(6)4-8;1-7(11)5-8-3-2-4-9(10)6-8;7-5-2-1-3-6(8)4-5;1-2(3)4;1-5(2,3)4;1-2/h1-5H,6H2;1-5H;2-4,6H,5H2,1H3;1-4H,8H2;1H3;;1-2H2. The van der Waals surface area contributed by atoms with Crippen molar-refractivity contribution in [3.8, 4) is 0 Å². The molecule has 0 saturated carbocycles. The summed E-state index contributed by atoms with van der Waals surface area (Å²) in [6, 6.07) is 31.0. The monoisotopic (exact) mass is 1160 g/mol. The molecule has 0 aliphatic carbocycles. The summed E-state index contributed by atoms with van der Waals surface area (Å²) in [5, 5.41) is -1.27. The van der Waals surface area contributed by atoms with Gasteiger partial charge in [-0.25, -0.2) is 4.98 Å². The fourth-order valence-electron chi connectivity index (χ4n) is 4.32. The van der Waals surface area contributed by atoms with Crippen LogP contribution in [0.4, 0.5) is 5.69 Å². The molecule has 7 rings (SSSR count). The van der Waals surface area contributed by atoms with Gasteiger partial charge in [0.1, 0.15) is 10.9 Å². The van der Waals surface area contributed by atoms with Crippen molar-refractivity contribution < 1.29 is 18.9 Å². The highest BCUT2D eigenvalue weighted by atomic mass is 79.9. The van der Waals surface area contributed by atoms with Crippen LogP contribution in [0.25, 0.3) is 21.8 Å². The van der Waals surface area contributed by atoms with E-state index < -0.39 is 5.20 Å². The first kappa shape index (κ1) is 53.7. The Bertz CT molecular complexity index is 2350.